The number of aromatic nitrogens is 1. The molecule has 0 radical (unpaired) electrons. The highest BCUT2D eigenvalue weighted by Gasteiger charge is 2.16. The van der Waals surface area contributed by atoms with Gasteiger partial charge in [0.1, 0.15) is 12.4 Å². The first-order valence-corrected chi connectivity index (χ1v) is 11.5. The number of ether oxygens (including phenoxy) is 1. The molecule has 142 valence electrons. The molecule has 3 aromatic rings. The van der Waals surface area contributed by atoms with Crippen LogP contribution in [-0.2, 0) is 26.7 Å². The van der Waals surface area contributed by atoms with Crippen LogP contribution in [0, 0.1) is 0 Å². The van der Waals surface area contributed by atoms with Gasteiger partial charge in [0.05, 0.1) is 26.7 Å². The maximum atomic E-state index is 12.5. The summed E-state index contributed by atoms with van der Waals surface area (Å²) in [6.45, 7) is 0.273. The van der Waals surface area contributed by atoms with Crippen LogP contribution in [0.3, 0.4) is 0 Å². The molecule has 3 N–H and O–H groups in total. The van der Waals surface area contributed by atoms with Crippen LogP contribution < -0.4 is 14.6 Å². The van der Waals surface area contributed by atoms with Crippen molar-refractivity contribution in [1.82, 2.24) is 4.98 Å². The number of primary sulfonamides is 1. The van der Waals surface area contributed by atoms with Gasteiger partial charge in [-0.05, 0) is 36.4 Å². The predicted octanol–water partition coefficient (Wildman–Crippen LogP) is 2.17. The SMILES string of the molecule is NS(=O)(=O)c1ccc(S(=O)(=O)Nc2cccc(OCc3cscn3)c2)cc1. The number of nitrogens with zero attached hydrogens (tertiary/aromatic N) is 1. The normalized spacial score (nSPS) is 11.9. The van der Waals surface area contributed by atoms with E-state index in [1.165, 1.54) is 23.5 Å². The summed E-state index contributed by atoms with van der Waals surface area (Å²) in [6.07, 6.45) is 0. The maximum Gasteiger partial charge on any atom is 0.261 e. The van der Waals surface area contributed by atoms with E-state index in [0.717, 1.165) is 17.8 Å². The molecule has 0 aliphatic carbocycles. The summed E-state index contributed by atoms with van der Waals surface area (Å²) in [5, 5.41) is 6.87. The van der Waals surface area contributed by atoms with Crippen molar-refractivity contribution in [1.29, 1.82) is 0 Å². The number of nitrogens with two attached hydrogens (primary N) is 1. The lowest BCUT2D eigenvalue weighted by atomic mass is 10.3. The molecule has 8 nitrogen and oxygen atoms in total. The molecule has 0 aliphatic rings. The molecule has 0 spiro atoms. The molecule has 0 saturated carbocycles. The monoisotopic (exact) mass is 425 g/mol. The Labute approximate surface area is 160 Å². The van der Waals surface area contributed by atoms with Crippen LogP contribution in [0.4, 0.5) is 5.69 Å². The molecular weight excluding hydrogens is 410 g/mol. The van der Waals surface area contributed by atoms with Gasteiger partial charge in [0.2, 0.25) is 10.0 Å². The van der Waals surface area contributed by atoms with Crippen molar-refractivity contribution in [3.05, 3.63) is 65.1 Å². The van der Waals surface area contributed by atoms with E-state index in [-0.39, 0.29) is 16.4 Å². The topological polar surface area (TPSA) is 128 Å². The van der Waals surface area contributed by atoms with E-state index < -0.39 is 20.0 Å². The number of benzene rings is 2. The van der Waals surface area contributed by atoms with Crippen molar-refractivity contribution >= 4 is 37.1 Å². The van der Waals surface area contributed by atoms with Gasteiger partial charge in [-0.25, -0.2) is 27.0 Å². The van der Waals surface area contributed by atoms with E-state index in [1.807, 2.05) is 5.38 Å². The molecule has 0 bridgehead atoms. The first kappa shape index (κ1) is 19.3. The van der Waals surface area contributed by atoms with E-state index >= 15 is 0 Å². The van der Waals surface area contributed by atoms with Crippen molar-refractivity contribution < 1.29 is 21.6 Å². The molecule has 3 rings (SSSR count). The highest BCUT2D eigenvalue weighted by molar-refractivity contribution is 7.92. The maximum absolute atomic E-state index is 12.5. The number of sulfonamides is 2. The summed E-state index contributed by atoms with van der Waals surface area (Å²) in [7, 11) is -7.79. The van der Waals surface area contributed by atoms with Crippen LogP contribution in [0.1, 0.15) is 5.69 Å². The molecule has 0 atom stereocenters. The van der Waals surface area contributed by atoms with E-state index in [0.29, 0.717) is 11.4 Å². The van der Waals surface area contributed by atoms with E-state index in [2.05, 4.69) is 9.71 Å². The van der Waals surface area contributed by atoms with Crippen LogP contribution in [0.2, 0.25) is 0 Å². The Balaban J connectivity index is 1.74. The molecule has 1 heterocycles. The van der Waals surface area contributed by atoms with Gasteiger partial charge < -0.3 is 4.74 Å². The van der Waals surface area contributed by atoms with Gasteiger partial charge in [-0.3, -0.25) is 4.72 Å². The number of rotatable bonds is 7. The lowest BCUT2D eigenvalue weighted by Gasteiger charge is -2.10. The van der Waals surface area contributed by atoms with Gasteiger partial charge in [-0.1, -0.05) is 6.07 Å². The minimum absolute atomic E-state index is 0.0938. The van der Waals surface area contributed by atoms with Gasteiger partial charge in [-0.2, -0.15) is 0 Å². The first-order chi connectivity index (χ1) is 12.7. The van der Waals surface area contributed by atoms with Gasteiger partial charge in [0, 0.05) is 11.4 Å². The van der Waals surface area contributed by atoms with Crippen molar-refractivity contribution in [3.63, 3.8) is 0 Å². The van der Waals surface area contributed by atoms with Crippen LogP contribution >= 0.6 is 11.3 Å². The van der Waals surface area contributed by atoms with Crippen molar-refractivity contribution in [2.75, 3.05) is 4.72 Å². The molecule has 0 saturated heterocycles. The molecular formula is C16H15N3O5S3. The Morgan fingerprint density at radius 3 is 2.37 bits per heavy atom. The molecule has 0 aliphatic heterocycles. The van der Waals surface area contributed by atoms with Crippen LogP contribution in [-0.4, -0.2) is 21.8 Å². The third-order valence-electron chi connectivity index (χ3n) is 3.42. The minimum Gasteiger partial charge on any atom is -0.487 e. The zero-order chi connectivity index (χ0) is 19.5. The number of hydrogen-bond acceptors (Lipinski definition) is 7. The van der Waals surface area contributed by atoms with Crippen molar-refractivity contribution in [2.45, 2.75) is 16.4 Å². The summed E-state index contributed by atoms with van der Waals surface area (Å²) in [5.74, 6) is 0.479. The summed E-state index contributed by atoms with van der Waals surface area (Å²) in [4.78, 5) is 3.85. The summed E-state index contributed by atoms with van der Waals surface area (Å²) in [6, 6.07) is 11.1. The highest BCUT2D eigenvalue weighted by atomic mass is 32.2. The fourth-order valence-corrected chi connectivity index (χ4v) is 4.25. The smallest absolute Gasteiger partial charge is 0.261 e. The second-order valence-corrected chi connectivity index (χ2v) is 9.38. The highest BCUT2D eigenvalue weighted by Crippen LogP contribution is 2.22. The Morgan fingerprint density at radius 1 is 1.04 bits per heavy atom. The molecule has 11 heteroatoms. The molecule has 0 unspecified atom stereocenters. The van der Waals surface area contributed by atoms with Crippen LogP contribution in [0.5, 0.6) is 5.75 Å². The third-order valence-corrected chi connectivity index (χ3v) is 6.38. The molecule has 27 heavy (non-hydrogen) atoms. The molecule has 2 aromatic carbocycles. The van der Waals surface area contributed by atoms with Crippen LogP contribution in [0.25, 0.3) is 0 Å². The lowest BCUT2D eigenvalue weighted by Crippen LogP contribution is -2.15. The zero-order valence-corrected chi connectivity index (χ0v) is 16.2. The Bertz CT molecular complexity index is 1130. The quantitative estimate of drug-likeness (QED) is 0.597. The van der Waals surface area contributed by atoms with E-state index in [9.17, 15) is 16.8 Å². The van der Waals surface area contributed by atoms with E-state index in [4.69, 9.17) is 9.88 Å². The first-order valence-electron chi connectivity index (χ1n) is 7.50. The Morgan fingerprint density at radius 2 is 1.74 bits per heavy atom. The standard InChI is InChI=1S/C16H15N3O5S3/c17-26(20,21)15-4-6-16(7-5-15)27(22,23)19-12-2-1-3-14(8-12)24-9-13-10-25-11-18-13/h1-8,10-11,19H,9H2,(H2,17,20,21). The molecule has 0 fully saturated rings. The second kappa shape index (κ2) is 7.64. The Kier molecular flexibility index (Phi) is 5.46. The number of anilines is 1. The number of hydrogen-bond donors (Lipinski definition) is 2. The third kappa shape index (κ3) is 5.04. The predicted molar refractivity (Wildman–Crippen MR) is 102 cm³/mol. The average Bonchev–Trinajstić information content (AvgIpc) is 3.13. The fourth-order valence-electron chi connectivity index (χ4n) is 2.14. The van der Waals surface area contributed by atoms with Crippen molar-refractivity contribution in [3.8, 4) is 5.75 Å². The average molecular weight is 426 g/mol. The van der Waals surface area contributed by atoms with Crippen molar-refractivity contribution in [2.24, 2.45) is 5.14 Å². The molecule has 1 aromatic heterocycles. The summed E-state index contributed by atoms with van der Waals surface area (Å²) >= 11 is 1.46. The second-order valence-electron chi connectivity index (χ2n) is 5.42. The molecule has 0 amide bonds. The summed E-state index contributed by atoms with van der Waals surface area (Å²) in [5.41, 5.74) is 2.78. The Hall–Kier alpha value is -2.47. The number of nitrogens with one attached hydrogen (secondary N) is 1. The van der Waals surface area contributed by atoms with Gasteiger partial charge in [0.15, 0.2) is 0 Å². The van der Waals surface area contributed by atoms with Gasteiger partial charge in [-0.15, -0.1) is 11.3 Å². The van der Waals surface area contributed by atoms with Gasteiger partial charge in [0.25, 0.3) is 10.0 Å². The zero-order valence-electron chi connectivity index (χ0n) is 13.8. The van der Waals surface area contributed by atoms with Crippen LogP contribution in [0.15, 0.2) is 69.2 Å². The largest absolute Gasteiger partial charge is 0.487 e. The summed E-state index contributed by atoms with van der Waals surface area (Å²) < 4.78 is 55.5. The van der Waals surface area contributed by atoms with Gasteiger partial charge >= 0.3 is 0 Å². The van der Waals surface area contributed by atoms with E-state index in [1.54, 1.807) is 29.8 Å². The lowest BCUT2D eigenvalue weighted by molar-refractivity contribution is 0.302. The minimum atomic E-state index is -3.90. The fraction of sp³-hybridized carbons (Fsp3) is 0.0625. The number of thiazole rings is 1.